The van der Waals surface area contributed by atoms with Gasteiger partial charge in [0.25, 0.3) is 11.6 Å². The molecule has 0 saturated carbocycles. The number of aryl methyl sites for hydroxylation is 1. The molecule has 1 heterocycles. The predicted octanol–water partition coefficient (Wildman–Crippen LogP) is 3.65. The first-order valence-electron chi connectivity index (χ1n) is 10.8. The van der Waals surface area contributed by atoms with Crippen LogP contribution < -0.4 is 5.76 Å². The first-order chi connectivity index (χ1) is 16.1. The number of benzene rings is 2. The molecule has 1 aromatic heterocycles. The van der Waals surface area contributed by atoms with Gasteiger partial charge in [-0.15, -0.1) is 0 Å². The van der Waals surface area contributed by atoms with Crippen molar-refractivity contribution in [2.24, 2.45) is 0 Å². The second kappa shape index (κ2) is 10.3. The standard InChI is InChI=1S/C24H27N3O7/c1-24(2,3)26(15-17-8-5-4-6-9-17)21(28)16-33-22(29)10-7-13-25-19-12-11-18(27(31)32)14-20(19)34-23(25)30/h4-6,8-9,11-12,14H,7,10,13,15-16H2,1-3H3. The number of carbonyl (C=O) groups excluding carboxylic acids is 2. The second-order valence-corrected chi connectivity index (χ2v) is 8.83. The van der Waals surface area contributed by atoms with Crippen molar-refractivity contribution in [3.63, 3.8) is 0 Å². The van der Waals surface area contributed by atoms with Crippen molar-refractivity contribution in [1.29, 1.82) is 0 Å². The van der Waals surface area contributed by atoms with Gasteiger partial charge in [0.05, 0.1) is 16.5 Å². The first-order valence-corrected chi connectivity index (χ1v) is 10.8. The van der Waals surface area contributed by atoms with Crippen molar-refractivity contribution < 1.29 is 23.7 Å². The molecule has 0 bridgehead atoms. The summed E-state index contributed by atoms with van der Waals surface area (Å²) >= 11 is 0. The number of oxazole rings is 1. The molecule has 0 N–H and O–H groups in total. The summed E-state index contributed by atoms with van der Waals surface area (Å²) in [4.78, 5) is 49.0. The molecule has 34 heavy (non-hydrogen) atoms. The van der Waals surface area contributed by atoms with Crippen LogP contribution in [0.25, 0.3) is 11.1 Å². The highest BCUT2D eigenvalue weighted by atomic mass is 16.6. The summed E-state index contributed by atoms with van der Waals surface area (Å²) in [6.07, 6.45) is 0.263. The molecule has 0 saturated heterocycles. The maximum absolute atomic E-state index is 12.8. The van der Waals surface area contributed by atoms with Crippen molar-refractivity contribution in [1.82, 2.24) is 9.47 Å². The lowest BCUT2D eigenvalue weighted by molar-refractivity contribution is -0.384. The van der Waals surface area contributed by atoms with Crippen LogP contribution in [0.1, 0.15) is 39.2 Å². The fourth-order valence-corrected chi connectivity index (χ4v) is 3.52. The van der Waals surface area contributed by atoms with E-state index >= 15 is 0 Å². The fraction of sp³-hybridized carbons (Fsp3) is 0.375. The number of hydrogen-bond acceptors (Lipinski definition) is 7. The summed E-state index contributed by atoms with van der Waals surface area (Å²) < 4.78 is 11.6. The molecule has 0 radical (unpaired) electrons. The molecule has 0 aliphatic heterocycles. The number of aromatic nitrogens is 1. The van der Waals surface area contributed by atoms with E-state index in [-0.39, 0.29) is 43.2 Å². The molecule has 0 spiro atoms. The van der Waals surface area contributed by atoms with Gasteiger partial charge >= 0.3 is 11.7 Å². The largest absolute Gasteiger partial charge is 0.456 e. The lowest BCUT2D eigenvalue weighted by Crippen LogP contribution is -2.46. The number of esters is 1. The van der Waals surface area contributed by atoms with Crippen LogP contribution in [0.3, 0.4) is 0 Å². The third kappa shape index (κ3) is 6.09. The van der Waals surface area contributed by atoms with E-state index in [0.717, 1.165) is 5.56 Å². The van der Waals surface area contributed by atoms with Crippen molar-refractivity contribution in [3.05, 3.63) is 74.8 Å². The monoisotopic (exact) mass is 469 g/mol. The summed E-state index contributed by atoms with van der Waals surface area (Å²) in [5.74, 6) is -1.53. The van der Waals surface area contributed by atoms with Crippen molar-refractivity contribution in [2.75, 3.05) is 6.61 Å². The number of amides is 1. The van der Waals surface area contributed by atoms with Crippen molar-refractivity contribution >= 4 is 28.7 Å². The molecule has 2 aromatic carbocycles. The zero-order chi connectivity index (χ0) is 24.9. The van der Waals surface area contributed by atoms with E-state index in [1.54, 1.807) is 4.90 Å². The second-order valence-electron chi connectivity index (χ2n) is 8.83. The minimum absolute atomic E-state index is 0.00637. The number of fused-ring (bicyclic) bond motifs is 1. The van der Waals surface area contributed by atoms with Crippen LogP contribution in [-0.2, 0) is 27.4 Å². The number of carbonyl (C=O) groups is 2. The van der Waals surface area contributed by atoms with Gasteiger partial charge in [0.2, 0.25) is 0 Å². The Labute approximate surface area is 195 Å². The van der Waals surface area contributed by atoms with Crippen LogP contribution in [0.4, 0.5) is 5.69 Å². The molecule has 10 nitrogen and oxygen atoms in total. The minimum Gasteiger partial charge on any atom is -0.456 e. The average Bonchev–Trinajstić information content (AvgIpc) is 3.10. The summed E-state index contributed by atoms with van der Waals surface area (Å²) in [5, 5.41) is 10.9. The fourth-order valence-electron chi connectivity index (χ4n) is 3.52. The Kier molecular flexibility index (Phi) is 7.50. The summed E-state index contributed by atoms with van der Waals surface area (Å²) in [6, 6.07) is 13.5. The van der Waals surface area contributed by atoms with Gasteiger partial charge in [-0.2, -0.15) is 0 Å². The van der Waals surface area contributed by atoms with Crippen LogP contribution >= 0.6 is 0 Å². The smallest absolute Gasteiger partial charge is 0.419 e. The summed E-state index contributed by atoms with van der Waals surface area (Å²) in [7, 11) is 0. The number of ether oxygens (including phenoxy) is 1. The SMILES string of the molecule is CC(C)(C)N(Cc1ccccc1)C(=O)COC(=O)CCCn1c(=O)oc2cc([N+](=O)[O-])ccc21. The van der Waals surface area contributed by atoms with Gasteiger partial charge in [-0.05, 0) is 38.8 Å². The Morgan fingerprint density at radius 1 is 1.15 bits per heavy atom. The highest BCUT2D eigenvalue weighted by Gasteiger charge is 2.27. The van der Waals surface area contributed by atoms with Gasteiger partial charge in [0.15, 0.2) is 12.2 Å². The first kappa shape index (κ1) is 24.7. The Morgan fingerprint density at radius 2 is 1.85 bits per heavy atom. The van der Waals surface area contributed by atoms with Gasteiger partial charge in [-0.3, -0.25) is 24.3 Å². The van der Waals surface area contributed by atoms with E-state index in [2.05, 4.69) is 0 Å². The van der Waals surface area contributed by atoms with Crippen molar-refractivity contribution in [2.45, 2.75) is 52.2 Å². The molecule has 1 amide bonds. The Balaban J connectivity index is 1.54. The van der Waals surface area contributed by atoms with E-state index in [4.69, 9.17) is 9.15 Å². The minimum atomic E-state index is -0.666. The summed E-state index contributed by atoms with van der Waals surface area (Å²) in [5.41, 5.74) is 0.838. The molecular formula is C24H27N3O7. The van der Waals surface area contributed by atoms with Gasteiger partial charge in [-0.25, -0.2) is 4.79 Å². The zero-order valence-corrected chi connectivity index (χ0v) is 19.4. The van der Waals surface area contributed by atoms with Gasteiger partial charge in [0.1, 0.15) is 0 Å². The van der Waals surface area contributed by atoms with Crippen LogP contribution in [0.2, 0.25) is 0 Å². The molecule has 0 unspecified atom stereocenters. The molecule has 0 atom stereocenters. The van der Waals surface area contributed by atoms with E-state index in [1.807, 2.05) is 51.1 Å². The number of nitro groups is 1. The lowest BCUT2D eigenvalue weighted by Gasteiger charge is -2.35. The molecule has 3 aromatic rings. The molecule has 0 fully saturated rings. The predicted molar refractivity (Wildman–Crippen MR) is 124 cm³/mol. The maximum atomic E-state index is 12.8. The highest BCUT2D eigenvalue weighted by Crippen LogP contribution is 2.21. The Morgan fingerprint density at radius 3 is 2.50 bits per heavy atom. The third-order valence-corrected chi connectivity index (χ3v) is 5.28. The number of rotatable bonds is 9. The molecule has 180 valence electrons. The average molecular weight is 469 g/mol. The number of nitrogens with zero attached hydrogens (tertiary/aromatic N) is 3. The third-order valence-electron chi connectivity index (χ3n) is 5.28. The zero-order valence-electron chi connectivity index (χ0n) is 19.4. The summed E-state index contributed by atoms with van der Waals surface area (Å²) in [6.45, 7) is 5.93. The quantitative estimate of drug-likeness (QED) is 0.266. The molecule has 3 rings (SSSR count). The maximum Gasteiger partial charge on any atom is 0.419 e. The van der Waals surface area contributed by atoms with E-state index in [0.29, 0.717) is 12.1 Å². The molecule has 10 heteroatoms. The van der Waals surface area contributed by atoms with Crippen LogP contribution in [0, 0.1) is 10.1 Å². The highest BCUT2D eigenvalue weighted by molar-refractivity contribution is 5.81. The number of non-ortho nitro benzene ring substituents is 1. The topological polar surface area (TPSA) is 125 Å². The van der Waals surface area contributed by atoms with E-state index in [1.165, 1.54) is 22.8 Å². The Hall–Kier alpha value is -3.95. The molecule has 0 aliphatic rings. The Bertz CT molecular complexity index is 1240. The van der Waals surface area contributed by atoms with Crippen LogP contribution in [0.5, 0.6) is 0 Å². The molecular weight excluding hydrogens is 442 g/mol. The van der Waals surface area contributed by atoms with Crippen LogP contribution in [0.15, 0.2) is 57.7 Å². The van der Waals surface area contributed by atoms with Gasteiger partial charge < -0.3 is 14.1 Å². The molecule has 0 aliphatic carbocycles. The van der Waals surface area contributed by atoms with Gasteiger partial charge in [-0.1, -0.05) is 30.3 Å². The lowest BCUT2D eigenvalue weighted by atomic mass is 10.0. The van der Waals surface area contributed by atoms with Crippen molar-refractivity contribution in [3.8, 4) is 0 Å². The number of hydrogen-bond donors (Lipinski definition) is 0. The number of nitro benzene ring substituents is 1. The van der Waals surface area contributed by atoms with Gasteiger partial charge in [0, 0.05) is 31.1 Å². The van der Waals surface area contributed by atoms with Crippen LogP contribution in [-0.4, -0.2) is 38.4 Å². The van der Waals surface area contributed by atoms with E-state index in [9.17, 15) is 24.5 Å². The normalized spacial score (nSPS) is 11.4. The van der Waals surface area contributed by atoms with E-state index < -0.39 is 22.2 Å².